The predicted molar refractivity (Wildman–Crippen MR) is 153 cm³/mol. The Kier molecular flexibility index (Phi) is 8.27. The van der Waals surface area contributed by atoms with E-state index < -0.39 is 0 Å². The summed E-state index contributed by atoms with van der Waals surface area (Å²) < 4.78 is 7.40. The molecule has 38 heavy (non-hydrogen) atoms. The van der Waals surface area contributed by atoms with Gasteiger partial charge in [-0.1, -0.05) is 64.5 Å². The molecule has 0 saturated carbocycles. The fourth-order valence-corrected chi connectivity index (χ4v) is 5.56. The first-order valence-electron chi connectivity index (χ1n) is 12.0. The van der Waals surface area contributed by atoms with E-state index in [0.29, 0.717) is 0 Å². The number of aryl methyl sites for hydroxylation is 2. The number of aliphatic hydroxyl groups excluding tert-OH is 1. The van der Waals surface area contributed by atoms with Gasteiger partial charge in [-0.25, -0.2) is 0 Å². The SMILES string of the molecule is CC(=O)/C=C(/C)O.Cc1cc(C)cc(-c2cc3cnc(-c4[c-]ccc5c4oc4ccccc45)cc3s2)c1.[Ir]. The van der Waals surface area contributed by atoms with Crippen LogP contribution in [-0.4, -0.2) is 15.9 Å². The Balaban J connectivity index is 0.000000375. The number of ketones is 1. The average Bonchev–Trinajstić information content (AvgIpc) is 3.44. The molecule has 6 aromatic rings. The number of thiophene rings is 1. The minimum atomic E-state index is -0.125. The number of rotatable bonds is 3. The molecule has 0 aliphatic rings. The summed E-state index contributed by atoms with van der Waals surface area (Å²) in [6, 6.07) is 26.6. The number of hydrogen-bond acceptors (Lipinski definition) is 5. The number of fused-ring (bicyclic) bond motifs is 4. The van der Waals surface area contributed by atoms with Crippen LogP contribution in [0, 0.1) is 19.9 Å². The molecular formula is C32H26IrNO3S-. The maximum Gasteiger partial charge on any atom is 0.155 e. The Labute approximate surface area is 239 Å². The third-order valence-corrected chi connectivity index (χ3v) is 7.06. The van der Waals surface area contributed by atoms with Gasteiger partial charge in [0.2, 0.25) is 0 Å². The van der Waals surface area contributed by atoms with Crippen LogP contribution in [0.25, 0.3) is 53.7 Å². The van der Waals surface area contributed by atoms with Gasteiger partial charge in [0.05, 0.1) is 11.3 Å². The van der Waals surface area contributed by atoms with E-state index in [-0.39, 0.29) is 31.6 Å². The van der Waals surface area contributed by atoms with E-state index in [1.165, 1.54) is 46.2 Å². The Morgan fingerprint density at radius 2 is 1.74 bits per heavy atom. The van der Waals surface area contributed by atoms with Crippen molar-refractivity contribution in [2.45, 2.75) is 27.7 Å². The molecule has 6 rings (SSSR count). The minimum absolute atomic E-state index is 0. The fraction of sp³-hybridized carbons (Fsp3) is 0.125. The molecule has 3 aromatic heterocycles. The van der Waals surface area contributed by atoms with Crippen molar-refractivity contribution in [3.8, 4) is 21.7 Å². The number of pyridine rings is 1. The van der Waals surface area contributed by atoms with E-state index in [2.05, 4.69) is 62.4 Å². The Hall–Kier alpha value is -3.57. The van der Waals surface area contributed by atoms with Gasteiger partial charge in [0.15, 0.2) is 5.78 Å². The second-order valence-corrected chi connectivity index (χ2v) is 10.3. The van der Waals surface area contributed by atoms with Crippen LogP contribution in [0.4, 0.5) is 0 Å². The number of para-hydroxylation sites is 1. The summed E-state index contributed by atoms with van der Waals surface area (Å²) >= 11 is 1.80. The molecule has 0 amide bonds. The van der Waals surface area contributed by atoms with Crippen LogP contribution in [-0.2, 0) is 24.9 Å². The van der Waals surface area contributed by atoms with Crippen LogP contribution in [0.1, 0.15) is 25.0 Å². The Morgan fingerprint density at radius 1 is 1.00 bits per heavy atom. The summed E-state index contributed by atoms with van der Waals surface area (Å²) in [6.45, 7) is 7.14. The van der Waals surface area contributed by atoms with Gasteiger partial charge in [-0.2, -0.15) is 0 Å². The number of nitrogens with zero attached hydrogens (tertiary/aromatic N) is 1. The molecule has 0 spiro atoms. The number of benzene rings is 3. The first kappa shape index (κ1) is 27.5. The maximum absolute atomic E-state index is 10.0. The zero-order valence-corrected chi connectivity index (χ0v) is 24.7. The molecule has 0 aliphatic heterocycles. The second-order valence-electron chi connectivity index (χ2n) is 9.18. The third kappa shape index (κ3) is 5.78. The molecule has 4 nitrogen and oxygen atoms in total. The van der Waals surface area contributed by atoms with Crippen LogP contribution in [0.3, 0.4) is 0 Å². The smallest absolute Gasteiger partial charge is 0.155 e. The zero-order chi connectivity index (χ0) is 26.1. The van der Waals surface area contributed by atoms with Gasteiger partial charge in [0.1, 0.15) is 5.58 Å². The Bertz CT molecular complexity index is 1790. The van der Waals surface area contributed by atoms with Gasteiger partial charge in [0, 0.05) is 52.7 Å². The van der Waals surface area contributed by atoms with Crippen LogP contribution in [0.5, 0.6) is 0 Å². The zero-order valence-electron chi connectivity index (χ0n) is 21.5. The predicted octanol–water partition coefficient (Wildman–Crippen LogP) is 8.98. The van der Waals surface area contributed by atoms with Crippen molar-refractivity contribution in [1.82, 2.24) is 4.98 Å². The van der Waals surface area contributed by atoms with Crippen molar-refractivity contribution in [1.29, 1.82) is 0 Å². The number of carbonyl (C=O) groups excluding carboxylic acids is 1. The summed E-state index contributed by atoms with van der Waals surface area (Å²) in [7, 11) is 0. The summed E-state index contributed by atoms with van der Waals surface area (Å²) in [5.41, 5.74) is 7.37. The van der Waals surface area contributed by atoms with Crippen LogP contribution in [0.15, 0.2) is 89.2 Å². The van der Waals surface area contributed by atoms with Crippen LogP contribution in [0.2, 0.25) is 0 Å². The maximum atomic E-state index is 10.0. The van der Waals surface area contributed by atoms with Crippen molar-refractivity contribution in [2.24, 2.45) is 0 Å². The molecule has 3 heterocycles. The van der Waals surface area contributed by atoms with Crippen molar-refractivity contribution in [3.05, 3.63) is 102 Å². The van der Waals surface area contributed by atoms with E-state index in [1.54, 1.807) is 11.3 Å². The van der Waals surface area contributed by atoms with Gasteiger partial charge in [-0.3, -0.25) is 4.79 Å². The van der Waals surface area contributed by atoms with Gasteiger partial charge in [0.25, 0.3) is 0 Å². The van der Waals surface area contributed by atoms with Gasteiger partial charge in [-0.05, 0) is 51.1 Å². The number of aromatic nitrogens is 1. The van der Waals surface area contributed by atoms with Crippen molar-refractivity contribution in [2.75, 3.05) is 0 Å². The number of furan rings is 1. The quantitative estimate of drug-likeness (QED) is 0.114. The molecule has 0 aliphatic carbocycles. The minimum Gasteiger partial charge on any atom is -0.512 e. The molecule has 6 heteroatoms. The topological polar surface area (TPSA) is 63.3 Å². The standard InChI is InChI=1S/C27H18NOS.C5H8O2.Ir/c1-16-10-17(2)12-18(11-16)25-13-19-15-28-23(14-26(19)30-25)22-8-5-7-21-20-6-3-4-9-24(20)29-27(21)22;1-4(6)3-5(2)7;/h3-7,9-15H,1-2H3;3,6H,1-2H3;/q-1;;/b;4-3-;. The van der Waals surface area contributed by atoms with E-state index >= 15 is 0 Å². The first-order valence-corrected chi connectivity index (χ1v) is 12.8. The van der Waals surface area contributed by atoms with Crippen molar-refractivity contribution in [3.63, 3.8) is 0 Å². The summed E-state index contributed by atoms with van der Waals surface area (Å²) in [5, 5.41) is 11.7. The summed E-state index contributed by atoms with van der Waals surface area (Å²) in [4.78, 5) is 16.0. The van der Waals surface area contributed by atoms with Gasteiger partial charge in [-0.15, -0.1) is 29.5 Å². The molecule has 0 fully saturated rings. The second kappa shape index (κ2) is 11.4. The third-order valence-electron chi connectivity index (χ3n) is 5.91. The van der Waals surface area contributed by atoms with Crippen LogP contribution < -0.4 is 0 Å². The molecule has 193 valence electrons. The van der Waals surface area contributed by atoms with E-state index in [9.17, 15) is 4.79 Å². The van der Waals surface area contributed by atoms with E-state index in [4.69, 9.17) is 14.5 Å². The molecule has 1 N–H and O–H groups in total. The van der Waals surface area contributed by atoms with E-state index in [1.807, 2.05) is 30.5 Å². The van der Waals surface area contributed by atoms with Crippen molar-refractivity contribution < 1.29 is 34.4 Å². The number of aliphatic hydroxyl groups is 1. The molecule has 0 unspecified atom stereocenters. The van der Waals surface area contributed by atoms with Crippen molar-refractivity contribution >= 4 is 49.1 Å². The monoisotopic (exact) mass is 697 g/mol. The van der Waals surface area contributed by atoms with Gasteiger partial charge >= 0.3 is 0 Å². The van der Waals surface area contributed by atoms with Crippen LogP contribution >= 0.6 is 11.3 Å². The fourth-order valence-electron chi connectivity index (χ4n) is 4.50. The normalized spacial score (nSPS) is 11.3. The van der Waals surface area contributed by atoms with Gasteiger partial charge < -0.3 is 14.5 Å². The Morgan fingerprint density at radius 3 is 2.42 bits per heavy atom. The summed E-state index contributed by atoms with van der Waals surface area (Å²) in [5.74, 6) is -0.0625. The average molecular weight is 697 g/mol. The molecular weight excluding hydrogens is 671 g/mol. The molecule has 3 aromatic carbocycles. The summed E-state index contributed by atoms with van der Waals surface area (Å²) in [6.07, 6.45) is 3.13. The first-order chi connectivity index (χ1) is 17.8. The largest absolute Gasteiger partial charge is 0.512 e. The number of allylic oxidation sites excluding steroid dienone is 2. The number of hydrogen-bond donors (Lipinski definition) is 1. The molecule has 1 radical (unpaired) electrons. The van der Waals surface area contributed by atoms with E-state index in [0.717, 1.165) is 38.6 Å². The molecule has 0 atom stereocenters. The number of carbonyl (C=O) groups is 1. The molecule has 0 bridgehead atoms. The molecule has 0 saturated heterocycles.